The molecule has 0 bridgehead atoms. The SMILES string of the molecule is CC1CCN(c2ccc(CNC3CC3)cc2Br)C1. The highest BCUT2D eigenvalue weighted by atomic mass is 79.9. The summed E-state index contributed by atoms with van der Waals surface area (Å²) in [4.78, 5) is 2.49. The second-order valence-electron chi connectivity index (χ2n) is 5.78. The Kier molecular flexibility index (Phi) is 3.62. The zero-order valence-corrected chi connectivity index (χ0v) is 12.5. The Hall–Kier alpha value is -0.540. The van der Waals surface area contributed by atoms with Gasteiger partial charge in [0.05, 0.1) is 5.69 Å². The number of benzene rings is 1. The number of rotatable bonds is 4. The highest BCUT2D eigenvalue weighted by molar-refractivity contribution is 9.10. The highest BCUT2D eigenvalue weighted by Crippen LogP contribution is 2.31. The fourth-order valence-electron chi connectivity index (χ4n) is 2.62. The van der Waals surface area contributed by atoms with E-state index in [0.29, 0.717) is 0 Å². The van der Waals surface area contributed by atoms with E-state index in [1.54, 1.807) is 0 Å². The molecule has 1 aliphatic carbocycles. The summed E-state index contributed by atoms with van der Waals surface area (Å²) < 4.78 is 1.24. The Morgan fingerprint density at radius 3 is 2.78 bits per heavy atom. The Morgan fingerprint density at radius 1 is 1.33 bits per heavy atom. The third-order valence-electron chi connectivity index (χ3n) is 3.95. The Labute approximate surface area is 118 Å². The molecule has 2 aliphatic rings. The standard InChI is InChI=1S/C15H21BrN2/c1-11-6-7-18(10-11)15-5-2-12(8-14(15)16)9-17-13-3-4-13/h2,5,8,11,13,17H,3-4,6-7,9-10H2,1H3. The maximum absolute atomic E-state index is 3.73. The summed E-state index contributed by atoms with van der Waals surface area (Å²) >= 11 is 3.73. The first-order valence-corrected chi connectivity index (χ1v) is 7.78. The van der Waals surface area contributed by atoms with E-state index in [9.17, 15) is 0 Å². The van der Waals surface area contributed by atoms with E-state index in [1.165, 1.54) is 48.1 Å². The Bertz CT molecular complexity index is 429. The average molecular weight is 309 g/mol. The lowest BCUT2D eigenvalue weighted by atomic mass is 10.2. The predicted octanol–water partition coefficient (Wildman–Crippen LogP) is 3.55. The molecule has 0 amide bonds. The van der Waals surface area contributed by atoms with Gasteiger partial charge in [-0.1, -0.05) is 13.0 Å². The molecule has 2 nitrogen and oxygen atoms in total. The molecule has 0 spiro atoms. The molecule has 1 atom stereocenters. The number of halogens is 1. The third-order valence-corrected chi connectivity index (χ3v) is 4.58. The van der Waals surface area contributed by atoms with Gasteiger partial charge >= 0.3 is 0 Å². The van der Waals surface area contributed by atoms with Crippen molar-refractivity contribution in [2.24, 2.45) is 5.92 Å². The third kappa shape index (κ3) is 2.89. The number of hydrogen-bond donors (Lipinski definition) is 1. The average Bonchev–Trinajstić information content (AvgIpc) is 3.09. The van der Waals surface area contributed by atoms with Gasteiger partial charge in [0.15, 0.2) is 0 Å². The fraction of sp³-hybridized carbons (Fsp3) is 0.600. The van der Waals surface area contributed by atoms with Gasteiger partial charge in [-0.05, 0) is 58.8 Å². The number of anilines is 1. The molecule has 1 aromatic carbocycles. The van der Waals surface area contributed by atoms with Gasteiger partial charge in [-0.3, -0.25) is 0 Å². The molecule has 98 valence electrons. The van der Waals surface area contributed by atoms with Gasteiger partial charge in [-0.25, -0.2) is 0 Å². The summed E-state index contributed by atoms with van der Waals surface area (Å²) in [6.45, 7) is 5.72. The molecule has 1 saturated heterocycles. The van der Waals surface area contributed by atoms with Crippen molar-refractivity contribution in [1.82, 2.24) is 5.32 Å². The van der Waals surface area contributed by atoms with Crippen LogP contribution in [0.5, 0.6) is 0 Å². The van der Waals surface area contributed by atoms with Crippen molar-refractivity contribution < 1.29 is 0 Å². The fourth-order valence-corrected chi connectivity index (χ4v) is 3.30. The van der Waals surface area contributed by atoms with Crippen molar-refractivity contribution in [2.45, 2.75) is 38.8 Å². The van der Waals surface area contributed by atoms with Crippen LogP contribution in [0.3, 0.4) is 0 Å². The lowest BCUT2D eigenvalue weighted by Gasteiger charge is -2.20. The molecule has 1 N–H and O–H groups in total. The summed E-state index contributed by atoms with van der Waals surface area (Å²) in [5.41, 5.74) is 2.74. The first-order valence-electron chi connectivity index (χ1n) is 6.99. The zero-order valence-electron chi connectivity index (χ0n) is 11.0. The second-order valence-corrected chi connectivity index (χ2v) is 6.64. The van der Waals surface area contributed by atoms with Gasteiger partial charge in [-0.2, -0.15) is 0 Å². The van der Waals surface area contributed by atoms with E-state index >= 15 is 0 Å². The van der Waals surface area contributed by atoms with E-state index in [0.717, 1.165) is 18.5 Å². The quantitative estimate of drug-likeness (QED) is 0.915. The smallest absolute Gasteiger partial charge is 0.0510 e. The number of nitrogens with one attached hydrogen (secondary N) is 1. The number of hydrogen-bond acceptors (Lipinski definition) is 2. The van der Waals surface area contributed by atoms with Crippen molar-refractivity contribution in [3.8, 4) is 0 Å². The molecule has 0 radical (unpaired) electrons. The zero-order chi connectivity index (χ0) is 12.5. The van der Waals surface area contributed by atoms with Crippen molar-refractivity contribution in [1.29, 1.82) is 0 Å². The topological polar surface area (TPSA) is 15.3 Å². The molecular weight excluding hydrogens is 288 g/mol. The molecule has 18 heavy (non-hydrogen) atoms. The highest BCUT2D eigenvalue weighted by Gasteiger charge is 2.22. The van der Waals surface area contributed by atoms with Gasteiger partial charge < -0.3 is 10.2 Å². The van der Waals surface area contributed by atoms with Crippen LogP contribution in [-0.2, 0) is 6.54 Å². The Balaban J connectivity index is 1.67. The van der Waals surface area contributed by atoms with Crippen LogP contribution in [0.4, 0.5) is 5.69 Å². The van der Waals surface area contributed by atoms with Crippen LogP contribution in [0.1, 0.15) is 31.7 Å². The molecule has 1 saturated carbocycles. The first kappa shape index (κ1) is 12.5. The lowest BCUT2D eigenvalue weighted by Crippen LogP contribution is -2.20. The van der Waals surface area contributed by atoms with Crippen molar-refractivity contribution in [2.75, 3.05) is 18.0 Å². The van der Waals surface area contributed by atoms with Crippen molar-refractivity contribution in [3.05, 3.63) is 28.2 Å². The molecule has 1 aliphatic heterocycles. The van der Waals surface area contributed by atoms with Crippen LogP contribution < -0.4 is 10.2 Å². The monoisotopic (exact) mass is 308 g/mol. The van der Waals surface area contributed by atoms with E-state index in [2.05, 4.69) is 51.3 Å². The van der Waals surface area contributed by atoms with Gasteiger partial charge in [-0.15, -0.1) is 0 Å². The second kappa shape index (κ2) is 5.22. The minimum atomic E-state index is 0.780. The van der Waals surface area contributed by atoms with Crippen LogP contribution in [0, 0.1) is 5.92 Å². The Morgan fingerprint density at radius 2 is 2.17 bits per heavy atom. The summed E-state index contributed by atoms with van der Waals surface area (Å²) in [6.07, 6.45) is 4.02. The molecular formula is C15H21BrN2. The summed E-state index contributed by atoms with van der Waals surface area (Å²) in [5.74, 6) is 0.827. The first-order chi connectivity index (χ1) is 8.72. The van der Waals surface area contributed by atoms with E-state index in [4.69, 9.17) is 0 Å². The largest absolute Gasteiger partial charge is 0.370 e. The van der Waals surface area contributed by atoms with Crippen molar-refractivity contribution >= 4 is 21.6 Å². The molecule has 1 unspecified atom stereocenters. The molecule has 3 heteroatoms. The van der Waals surface area contributed by atoms with E-state index < -0.39 is 0 Å². The molecule has 0 aromatic heterocycles. The molecule has 2 fully saturated rings. The van der Waals surface area contributed by atoms with Crippen LogP contribution in [-0.4, -0.2) is 19.1 Å². The van der Waals surface area contributed by atoms with Crippen LogP contribution in [0.2, 0.25) is 0 Å². The van der Waals surface area contributed by atoms with Crippen LogP contribution in [0.25, 0.3) is 0 Å². The molecule has 1 heterocycles. The summed E-state index contributed by atoms with van der Waals surface area (Å²) in [6, 6.07) is 7.58. The van der Waals surface area contributed by atoms with E-state index in [-0.39, 0.29) is 0 Å². The van der Waals surface area contributed by atoms with E-state index in [1.807, 2.05) is 0 Å². The summed E-state index contributed by atoms with van der Waals surface area (Å²) in [5, 5.41) is 3.56. The van der Waals surface area contributed by atoms with Gasteiger partial charge in [0.25, 0.3) is 0 Å². The minimum absolute atomic E-state index is 0.780. The maximum atomic E-state index is 3.73. The molecule has 1 aromatic rings. The van der Waals surface area contributed by atoms with Crippen LogP contribution >= 0.6 is 15.9 Å². The van der Waals surface area contributed by atoms with Gasteiger partial charge in [0, 0.05) is 30.1 Å². The number of nitrogens with zero attached hydrogens (tertiary/aromatic N) is 1. The minimum Gasteiger partial charge on any atom is -0.370 e. The maximum Gasteiger partial charge on any atom is 0.0510 e. The molecule has 3 rings (SSSR count). The van der Waals surface area contributed by atoms with Crippen LogP contribution in [0.15, 0.2) is 22.7 Å². The van der Waals surface area contributed by atoms with Gasteiger partial charge in [0.2, 0.25) is 0 Å². The van der Waals surface area contributed by atoms with Crippen molar-refractivity contribution in [3.63, 3.8) is 0 Å². The van der Waals surface area contributed by atoms with Gasteiger partial charge in [0.1, 0.15) is 0 Å². The normalized spacial score (nSPS) is 23.7. The predicted molar refractivity (Wildman–Crippen MR) is 80.0 cm³/mol. The lowest BCUT2D eigenvalue weighted by molar-refractivity contribution is 0.659. The summed E-state index contributed by atoms with van der Waals surface area (Å²) in [7, 11) is 0.